The second-order valence-corrected chi connectivity index (χ2v) is 7.39. The highest BCUT2D eigenvalue weighted by Gasteiger charge is 2.37. The maximum Gasteiger partial charge on any atom is 0.303 e. The third-order valence-corrected chi connectivity index (χ3v) is 5.70. The number of carboxylic acids is 1. The molecule has 2 aliphatic rings. The van der Waals surface area contributed by atoms with Crippen LogP contribution in [-0.2, 0) is 11.3 Å². The number of amides is 1. The lowest BCUT2D eigenvalue weighted by Crippen LogP contribution is -2.41. The Morgan fingerprint density at radius 1 is 1.36 bits per heavy atom. The summed E-state index contributed by atoms with van der Waals surface area (Å²) in [6.07, 6.45) is 5.11. The van der Waals surface area contributed by atoms with E-state index in [1.165, 1.54) is 12.8 Å². The minimum Gasteiger partial charge on any atom is -0.492 e. The highest BCUT2D eigenvalue weighted by Crippen LogP contribution is 2.39. The molecule has 1 aromatic carbocycles. The molecule has 1 N–H and O–H groups in total. The summed E-state index contributed by atoms with van der Waals surface area (Å²) in [4.78, 5) is 25.3. The maximum atomic E-state index is 12.8. The molecule has 3 rings (SSSR count). The molecule has 5 nitrogen and oxygen atoms in total. The number of carbonyl (C=O) groups excluding carboxylic acids is 1. The molecule has 0 saturated heterocycles. The van der Waals surface area contributed by atoms with E-state index in [1.807, 2.05) is 4.90 Å². The first-order valence-corrected chi connectivity index (χ1v) is 9.33. The van der Waals surface area contributed by atoms with E-state index in [-0.39, 0.29) is 18.4 Å². The largest absolute Gasteiger partial charge is 0.492 e. The predicted octanol–water partition coefficient (Wildman–Crippen LogP) is 4.12. The van der Waals surface area contributed by atoms with E-state index in [0.29, 0.717) is 41.8 Å². The third-order valence-electron chi connectivity index (χ3n) is 5.29. The first-order chi connectivity index (χ1) is 12.0. The fourth-order valence-corrected chi connectivity index (χ4v) is 4.18. The summed E-state index contributed by atoms with van der Waals surface area (Å²) in [6, 6.07) is 3.78. The second kappa shape index (κ2) is 7.65. The van der Waals surface area contributed by atoms with Crippen molar-refractivity contribution in [2.75, 3.05) is 6.61 Å². The molecule has 1 aliphatic heterocycles. The minimum absolute atomic E-state index is 0.0630. The number of ether oxygens (including phenoxy) is 1. The SMILES string of the molecule is C[C@H]1CCCC[C@@H]1N1Cc2c(ccc(OCCCC(=O)O)c2Cl)C1=O. The number of fused-ring (bicyclic) bond motifs is 1. The molecule has 1 heterocycles. The van der Waals surface area contributed by atoms with Crippen LogP contribution >= 0.6 is 11.6 Å². The van der Waals surface area contributed by atoms with Crippen LogP contribution < -0.4 is 4.74 Å². The van der Waals surface area contributed by atoms with Gasteiger partial charge >= 0.3 is 5.97 Å². The molecule has 0 aromatic heterocycles. The number of benzene rings is 1. The first-order valence-electron chi connectivity index (χ1n) is 8.96. The van der Waals surface area contributed by atoms with E-state index >= 15 is 0 Å². The molecule has 1 aromatic rings. The van der Waals surface area contributed by atoms with Crippen molar-refractivity contribution in [3.05, 3.63) is 28.3 Å². The number of hydrogen-bond acceptors (Lipinski definition) is 3. The Morgan fingerprint density at radius 2 is 2.12 bits per heavy atom. The lowest BCUT2D eigenvalue weighted by molar-refractivity contribution is -0.137. The van der Waals surface area contributed by atoms with Gasteiger partial charge in [0.1, 0.15) is 5.75 Å². The van der Waals surface area contributed by atoms with Crippen LogP contribution in [0.4, 0.5) is 0 Å². The Kier molecular flexibility index (Phi) is 5.52. The number of nitrogens with zero attached hydrogens (tertiary/aromatic N) is 1. The molecule has 1 amide bonds. The van der Waals surface area contributed by atoms with Crippen LogP contribution in [0.15, 0.2) is 12.1 Å². The van der Waals surface area contributed by atoms with E-state index in [1.54, 1.807) is 12.1 Å². The average Bonchev–Trinajstić information content (AvgIpc) is 2.91. The summed E-state index contributed by atoms with van der Waals surface area (Å²) in [6.45, 7) is 3.05. The molecule has 1 fully saturated rings. The molecule has 6 heteroatoms. The fraction of sp³-hybridized carbons (Fsp3) is 0.579. The smallest absolute Gasteiger partial charge is 0.303 e. The number of rotatable bonds is 6. The number of halogens is 1. The molecule has 1 aliphatic carbocycles. The van der Waals surface area contributed by atoms with Crippen LogP contribution in [0.2, 0.25) is 5.02 Å². The van der Waals surface area contributed by atoms with Crippen molar-refractivity contribution in [3.8, 4) is 5.75 Å². The Labute approximate surface area is 152 Å². The van der Waals surface area contributed by atoms with Crippen LogP contribution in [0, 0.1) is 5.92 Å². The predicted molar refractivity (Wildman–Crippen MR) is 95.1 cm³/mol. The summed E-state index contributed by atoms with van der Waals surface area (Å²) < 4.78 is 5.62. The van der Waals surface area contributed by atoms with Crippen LogP contribution in [0.5, 0.6) is 5.75 Å². The van der Waals surface area contributed by atoms with Crippen molar-refractivity contribution < 1.29 is 19.4 Å². The molecule has 0 radical (unpaired) electrons. The van der Waals surface area contributed by atoms with E-state index in [4.69, 9.17) is 21.4 Å². The molecule has 136 valence electrons. The normalized spacial score (nSPS) is 22.8. The lowest BCUT2D eigenvalue weighted by Gasteiger charge is -2.36. The topological polar surface area (TPSA) is 66.8 Å². The van der Waals surface area contributed by atoms with Gasteiger partial charge in [-0.3, -0.25) is 9.59 Å². The molecule has 25 heavy (non-hydrogen) atoms. The quantitative estimate of drug-likeness (QED) is 0.770. The highest BCUT2D eigenvalue weighted by atomic mass is 35.5. The zero-order chi connectivity index (χ0) is 18.0. The monoisotopic (exact) mass is 365 g/mol. The van der Waals surface area contributed by atoms with Crippen LogP contribution in [0.1, 0.15) is 61.4 Å². The molecule has 0 bridgehead atoms. The van der Waals surface area contributed by atoms with E-state index in [0.717, 1.165) is 18.4 Å². The van der Waals surface area contributed by atoms with Gasteiger partial charge in [-0.15, -0.1) is 0 Å². The summed E-state index contributed by atoms with van der Waals surface area (Å²) in [5.41, 5.74) is 1.50. The zero-order valence-electron chi connectivity index (χ0n) is 14.5. The van der Waals surface area contributed by atoms with Crippen molar-refractivity contribution in [3.63, 3.8) is 0 Å². The van der Waals surface area contributed by atoms with Gasteiger partial charge in [0.25, 0.3) is 5.91 Å². The van der Waals surface area contributed by atoms with E-state index < -0.39 is 5.97 Å². The van der Waals surface area contributed by atoms with Crippen molar-refractivity contribution in [1.29, 1.82) is 0 Å². The molecule has 0 unspecified atom stereocenters. The summed E-state index contributed by atoms with van der Waals surface area (Å²) >= 11 is 6.48. The van der Waals surface area contributed by atoms with Crippen LogP contribution in [0.25, 0.3) is 0 Å². The fourth-order valence-electron chi connectivity index (χ4n) is 3.90. The molecular weight excluding hydrogens is 342 g/mol. The number of hydrogen-bond donors (Lipinski definition) is 1. The summed E-state index contributed by atoms with van der Waals surface area (Å²) in [7, 11) is 0. The van der Waals surface area contributed by atoms with Crippen molar-refractivity contribution in [2.45, 2.75) is 58.0 Å². The maximum absolute atomic E-state index is 12.8. The Bertz CT molecular complexity index is 676. The molecular formula is C19H24ClNO4. The van der Waals surface area contributed by atoms with Crippen molar-refractivity contribution >= 4 is 23.5 Å². The lowest BCUT2D eigenvalue weighted by atomic mass is 9.85. The van der Waals surface area contributed by atoms with Gasteiger partial charge in [-0.05, 0) is 37.3 Å². The average molecular weight is 366 g/mol. The van der Waals surface area contributed by atoms with Gasteiger partial charge in [0, 0.05) is 30.1 Å². The minimum atomic E-state index is -0.841. The summed E-state index contributed by atoms with van der Waals surface area (Å²) in [5, 5.41) is 9.15. The third kappa shape index (κ3) is 3.76. The standard InChI is InChI=1S/C19H24ClNO4/c1-12-5-2-3-6-15(12)21-11-14-13(19(21)24)8-9-16(18(14)20)25-10-4-7-17(22)23/h8-9,12,15H,2-7,10-11H2,1H3,(H,22,23)/t12-,15-/m0/s1. The molecule has 0 spiro atoms. The summed E-state index contributed by atoms with van der Waals surface area (Å²) in [5.74, 6) is 0.259. The van der Waals surface area contributed by atoms with Crippen LogP contribution in [-0.4, -0.2) is 34.5 Å². The first kappa shape index (κ1) is 18.1. The van der Waals surface area contributed by atoms with Gasteiger partial charge in [0.05, 0.1) is 11.6 Å². The van der Waals surface area contributed by atoms with Crippen molar-refractivity contribution in [1.82, 2.24) is 4.90 Å². The molecule has 2 atom stereocenters. The Balaban J connectivity index is 1.72. The molecule has 1 saturated carbocycles. The Hall–Kier alpha value is -1.75. The van der Waals surface area contributed by atoms with E-state index in [9.17, 15) is 9.59 Å². The van der Waals surface area contributed by atoms with Crippen molar-refractivity contribution in [2.24, 2.45) is 5.92 Å². The van der Waals surface area contributed by atoms with E-state index in [2.05, 4.69) is 6.92 Å². The van der Waals surface area contributed by atoms with Crippen LogP contribution in [0.3, 0.4) is 0 Å². The number of carboxylic acid groups (broad SMARTS) is 1. The second-order valence-electron chi connectivity index (χ2n) is 7.01. The number of aliphatic carboxylic acids is 1. The van der Waals surface area contributed by atoms with Gasteiger partial charge < -0.3 is 14.7 Å². The number of carbonyl (C=O) groups is 2. The van der Waals surface area contributed by atoms with Gasteiger partial charge in [0.2, 0.25) is 0 Å². The highest BCUT2D eigenvalue weighted by molar-refractivity contribution is 6.33. The zero-order valence-corrected chi connectivity index (χ0v) is 15.2. The van der Waals surface area contributed by atoms with Gasteiger partial charge in [-0.25, -0.2) is 0 Å². The van der Waals surface area contributed by atoms with Gasteiger partial charge in [0.15, 0.2) is 0 Å². The Morgan fingerprint density at radius 3 is 2.84 bits per heavy atom. The van der Waals surface area contributed by atoms with Gasteiger partial charge in [-0.2, -0.15) is 0 Å². The van der Waals surface area contributed by atoms with Gasteiger partial charge in [-0.1, -0.05) is 31.4 Å².